The molecule has 7 rings (SSSR count). The van der Waals surface area contributed by atoms with Gasteiger partial charge in [0.1, 0.15) is 0 Å². The molecule has 33 heavy (non-hydrogen) atoms. The highest BCUT2D eigenvalue weighted by Gasteiger charge is 2.12. The Labute approximate surface area is 195 Å². The van der Waals surface area contributed by atoms with E-state index in [2.05, 4.69) is 103 Å². The fraction of sp³-hybridized carbons (Fsp3) is 0. The largest absolute Gasteiger partial charge is 0.256 e. The third-order valence-corrected chi connectivity index (χ3v) is 7.66. The second-order valence-electron chi connectivity index (χ2n) is 8.40. The van der Waals surface area contributed by atoms with Gasteiger partial charge in [-0.1, -0.05) is 91.0 Å². The number of hydrogen-bond donors (Lipinski definition) is 0. The first-order valence-electron chi connectivity index (χ1n) is 11.1. The summed E-state index contributed by atoms with van der Waals surface area (Å²) in [6, 6.07) is 39.4. The van der Waals surface area contributed by atoms with Crippen molar-refractivity contribution < 1.29 is 0 Å². The van der Waals surface area contributed by atoms with Crippen LogP contribution in [0.15, 0.2) is 115 Å². The maximum atomic E-state index is 4.72. The van der Waals surface area contributed by atoms with Crippen molar-refractivity contribution in [1.29, 1.82) is 0 Å². The predicted molar refractivity (Wildman–Crippen MR) is 143 cm³/mol. The van der Waals surface area contributed by atoms with Gasteiger partial charge in [-0.05, 0) is 45.8 Å². The minimum absolute atomic E-state index is 1.06. The van der Waals surface area contributed by atoms with Gasteiger partial charge < -0.3 is 0 Å². The monoisotopic (exact) mass is 437 g/mol. The Bertz CT molecular complexity index is 1810. The SMILES string of the molecule is c1cnc2c(c1)ccc1cccc(-c3ccc(-c4cccc5sc6ccccc6c45)cc3)c12. The first-order chi connectivity index (χ1) is 16.4. The zero-order valence-electron chi connectivity index (χ0n) is 17.8. The second-order valence-corrected chi connectivity index (χ2v) is 9.48. The zero-order valence-corrected chi connectivity index (χ0v) is 18.6. The molecule has 0 saturated heterocycles. The molecule has 2 aromatic heterocycles. The number of pyridine rings is 1. The molecular formula is C31H19NS. The van der Waals surface area contributed by atoms with Crippen LogP contribution in [0.25, 0.3) is 64.1 Å². The van der Waals surface area contributed by atoms with E-state index in [1.807, 2.05) is 23.6 Å². The molecular weight excluding hydrogens is 418 g/mol. The van der Waals surface area contributed by atoms with Crippen LogP contribution in [-0.4, -0.2) is 4.98 Å². The van der Waals surface area contributed by atoms with Gasteiger partial charge in [0.15, 0.2) is 0 Å². The highest BCUT2D eigenvalue weighted by Crippen LogP contribution is 2.40. The topological polar surface area (TPSA) is 12.9 Å². The zero-order chi connectivity index (χ0) is 21.8. The van der Waals surface area contributed by atoms with Crippen LogP contribution in [0, 0.1) is 0 Å². The van der Waals surface area contributed by atoms with Crippen LogP contribution < -0.4 is 0 Å². The number of thiophene rings is 1. The van der Waals surface area contributed by atoms with Crippen molar-refractivity contribution in [3.63, 3.8) is 0 Å². The molecule has 7 aromatic rings. The van der Waals surface area contributed by atoms with E-state index in [0.29, 0.717) is 0 Å². The van der Waals surface area contributed by atoms with Crippen LogP contribution >= 0.6 is 11.3 Å². The minimum Gasteiger partial charge on any atom is -0.256 e. The first-order valence-corrected chi connectivity index (χ1v) is 12.0. The predicted octanol–water partition coefficient (Wildman–Crippen LogP) is 9.09. The molecule has 0 fully saturated rings. The van der Waals surface area contributed by atoms with E-state index < -0.39 is 0 Å². The standard InChI is InChI=1S/C31H19NS/c1-2-11-27-26(8-1)30-25(10-4-12-28(30)33-27)21-15-13-20(14-16-21)24-9-3-6-22-17-18-23-7-5-19-32-31(23)29(22)24/h1-19H. The van der Waals surface area contributed by atoms with E-state index in [1.165, 1.54) is 58.6 Å². The molecule has 0 spiro atoms. The summed E-state index contributed by atoms with van der Waals surface area (Å²) in [5.74, 6) is 0. The Morgan fingerprint density at radius 2 is 1.15 bits per heavy atom. The molecule has 0 atom stereocenters. The van der Waals surface area contributed by atoms with Gasteiger partial charge in [0.25, 0.3) is 0 Å². The van der Waals surface area contributed by atoms with E-state index in [-0.39, 0.29) is 0 Å². The molecule has 2 heterocycles. The van der Waals surface area contributed by atoms with Crippen molar-refractivity contribution >= 4 is 53.2 Å². The Kier molecular flexibility index (Phi) is 4.08. The Morgan fingerprint density at radius 1 is 0.485 bits per heavy atom. The van der Waals surface area contributed by atoms with Gasteiger partial charge >= 0.3 is 0 Å². The van der Waals surface area contributed by atoms with Crippen molar-refractivity contribution in [3.05, 3.63) is 115 Å². The summed E-state index contributed by atoms with van der Waals surface area (Å²) in [6.07, 6.45) is 1.88. The highest BCUT2D eigenvalue weighted by atomic mass is 32.1. The summed E-state index contributed by atoms with van der Waals surface area (Å²) in [6.45, 7) is 0. The summed E-state index contributed by atoms with van der Waals surface area (Å²) < 4.78 is 2.68. The molecule has 0 bridgehead atoms. The third kappa shape index (κ3) is 2.88. The van der Waals surface area contributed by atoms with Crippen LogP contribution in [0.4, 0.5) is 0 Å². The molecule has 0 unspecified atom stereocenters. The van der Waals surface area contributed by atoms with Gasteiger partial charge in [-0.15, -0.1) is 11.3 Å². The number of nitrogens with zero attached hydrogens (tertiary/aromatic N) is 1. The molecule has 0 amide bonds. The smallest absolute Gasteiger partial charge is 0.0786 e. The van der Waals surface area contributed by atoms with Gasteiger partial charge in [-0.3, -0.25) is 4.98 Å². The highest BCUT2D eigenvalue weighted by molar-refractivity contribution is 7.25. The van der Waals surface area contributed by atoms with Crippen molar-refractivity contribution in [3.8, 4) is 22.3 Å². The van der Waals surface area contributed by atoms with Crippen LogP contribution in [0.3, 0.4) is 0 Å². The Hall–Kier alpha value is -4.01. The van der Waals surface area contributed by atoms with Crippen molar-refractivity contribution in [2.24, 2.45) is 0 Å². The normalized spacial score (nSPS) is 11.6. The van der Waals surface area contributed by atoms with E-state index in [9.17, 15) is 0 Å². The fourth-order valence-electron chi connectivity index (χ4n) is 5.00. The molecule has 0 aliphatic carbocycles. The lowest BCUT2D eigenvalue weighted by atomic mass is 9.93. The van der Waals surface area contributed by atoms with Gasteiger partial charge in [0.2, 0.25) is 0 Å². The number of aromatic nitrogens is 1. The molecule has 0 saturated carbocycles. The summed E-state index contributed by atoms with van der Waals surface area (Å²) in [5.41, 5.74) is 6.04. The quantitative estimate of drug-likeness (QED) is 0.246. The maximum absolute atomic E-state index is 4.72. The van der Waals surface area contributed by atoms with Gasteiger partial charge in [-0.2, -0.15) is 0 Å². The van der Waals surface area contributed by atoms with Gasteiger partial charge in [0.05, 0.1) is 5.52 Å². The Morgan fingerprint density at radius 3 is 2.00 bits per heavy atom. The number of hydrogen-bond acceptors (Lipinski definition) is 2. The van der Waals surface area contributed by atoms with Crippen molar-refractivity contribution in [2.45, 2.75) is 0 Å². The lowest BCUT2D eigenvalue weighted by molar-refractivity contribution is 1.43. The molecule has 154 valence electrons. The molecule has 0 aliphatic heterocycles. The number of benzene rings is 5. The van der Waals surface area contributed by atoms with Crippen LogP contribution in [0.2, 0.25) is 0 Å². The van der Waals surface area contributed by atoms with Crippen LogP contribution in [-0.2, 0) is 0 Å². The molecule has 0 aliphatic rings. The summed E-state index contributed by atoms with van der Waals surface area (Å²) in [5, 5.41) is 6.30. The summed E-state index contributed by atoms with van der Waals surface area (Å²) >= 11 is 1.87. The fourth-order valence-corrected chi connectivity index (χ4v) is 6.13. The van der Waals surface area contributed by atoms with Gasteiger partial charge in [-0.25, -0.2) is 0 Å². The number of rotatable bonds is 2. The average molecular weight is 438 g/mol. The van der Waals surface area contributed by atoms with E-state index in [1.54, 1.807) is 0 Å². The molecule has 2 heteroatoms. The van der Waals surface area contributed by atoms with Crippen LogP contribution in [0.1, 0.15) is 0 Å². The second kappa shape index (κ2) is 7.26. The number of fused-ring (bicyclic) bond motifs is 6. The maximum Gasteiger partial charge on any atom is 0.0786 e. The molecule has 0 radical (unpaired) electrons. The average Bonchev–Trinajstić information content (AvgIpc) is 3.27. The molecule has 5 aromatic carbocycles. The van der Waals surface area contributed by atoms with E-state index >= 15 is 0 Å². The Balaban J connectivity index is 1.42. The van der Waals surface area contributed by atoms with E-state index in [4.69, 9.17) is 4.98 Å². The van der Waals surface area contributed by atoms with E-state index in [0.717, 1.165) is 5.52 Å². The third-order valence-electron chi connectivity index (χ3n) is 6.52. The lowest BCUT2D eigenvalue weighted by Gasteiger charge is -2.11. The van der Waals surface area contributed by atoms with Crippen molar-refractivity contribution in [2.75, 3.05) is 0 Å². The lowest BCUT2D eigenvalue weighted by Crippen LogP contribution is -1.86. The summed E-state index contributed by atoms with van der Waals surface area (Å²) in [7, 11) is 0. The van der Waals surface area contributed by atoms with Crippen molar-refractivity contribution in [1.82, 2.24) is 4.98 Å². The van der Waals surface area contributed by atoms with Gasteiger partial charge in [0, 0.05) is 37.1 Å². The summed E-state index contributed by atoms with van der Waals surface area (Å²) in [4.78, 5) is 4.72. The first kappa shape index (κ1) is 18.6. The molecule has 0 N–H and O–H groups in total. The molecule has 1 nitrogen and oxygen atoms in total. The van der Waals surface area contributed by atoms with Crippen LogP contribution in [0.5, 0.6) is 0 Å². The minimum atomic E-state index is 1.06.